The van der Waals surface area contributed by atoms with Gasteiger partial charge in [0.2, 0.25) is 0 Å². The maximum Gasteiger partial charge on any atom is 0.159 e. The third kappa shape index (κ3) is 3.96. The number of benzene rings is 1. The molecule has 3 rings (SSSR count). The van der Waals surface area contributed by atoms with Gasteiger partial charge in [0, 0.05) is 11.7 Å². The average molecular weight is 325 g/mol. The Labute approximate surface area is 144 Å². The molecule has 0 amide bonds. The molecule has 0 spiro atoms. The van der Waals surface area contributed by atoms with Crippen LogP contribution in [0.4, 0.5) is 23.0 Å². The molecule has 0 unspecified atom stereocenters. The van der Waals surface area contributed by atoms with Crippen LogP contribution in [0.25, 0.3) is 0 Å². The molecule has 24 heavy (non-hydrogen) atoms. The molecule has 0 bridgehead atoms. The molecular formula is C19H27N5. The molecule has 1 aromatic carbocycles. The first-order valence-corrected chi connectivity index (χ1v) is 8.85. The summed E-state index contributed by atoms with van der Waals surface area (Å²) >= 11 is 0. The van der Waals surface area contributed by atoms with Crippen molar-refractivity contribution in [3.05, 3.63) is 35.7 Å². The van der Waals surface area contributed by atoms with Gasteiger partial charge in [-0.2, -0.15) is 0 Å². The van der Waals surface area contributed by atoms with Crippen molar-refractivity contribution in [1.82, 2.24) is 9.97 Å². The smallest absolute Gasteiger partial charge is 0.159 e. The van der Waals surface area contributed by atoms with E-state index in [1.807, 2.05) is 6.07 Å². The third-order valence-electron chi connectivity index (χ3n) is 4.85. The zero-order chi connectivity index (χ0) is 16.9. The minimum atomic E-state index is 0.458. The van der Waals surface area contributed by atoms with Gasteiger partial charge in [0.25, 0.3) is 0 Å². The van der Waals surface area contributed by atoms with Crippen molar-refractivity contribution in [2.24, 2.45) is 0 Å². The molecule has 1 aliphatic carbocycles. The number of aryl methyl sites for hydroxylation is 2. The predicted molar refractivity (Wildman–Crippen MR) is 101 cm³/mol. The van der Waals surface area contributed by atoms with E-state index in [2.05, 4.69) is 46.6 Å². The second-order valence-electron chi connectivity index (χ2n) is 6.74. The normalized spacial score (nSPS) is 15.8. The van der Waals surface area contributed by atoms with Crippen LogP contribution in [-0.4, -0.2) is 16.0 Å². The van der Waals surface area contributed by atoms with E-state index in [-0.39, 0.29) is 0 Å². The van der Waals surface area contributed by atoms with Gasteiger partial charge >= 0.3 is 0 Å². The summed E-state index contributed by atoms with van der Waals surface area (Å²) < 4.78 is 0. The first-order chi connectivity index (χ1) is 11.6. The van der Waals surface area contributed by atoms with Gasteiger partial charge in [-0.05, 0) is 49.9 Å². The maximum absolute atomic E-state index is 6.31. The Kier molecular flexibility index (Phi) is 5.18. The fraction of sp³-hybridized carbons (Fsp3) is 0.474. The zero-order valence-electron chi connectivity index (χ0n) is 14.6. The van der Waals surface area contributed by atoms with Gasteiger partial charge in [-0.1, -0.05) is 31.7 Å². The molecule has 1 aliphatic rings. The van der Waals surface area contributed by atoms with Crippen LogP contribution in [0.5, 0.6) is 0 Å². The molecular weight excluding hydrogens is 298 g/mol. The molecule has 1 heterocycles. The monoisotopic (exact) mass is 325 g/mol. The van der Waals surface area contributed by atoms with E-state index < -0.39 is 0 Å². The van der Waals surface area contributed by atoms with E-state index in [0.29, 0.717) is 17.5 Å². The molecule has 1 fully saturated rings. The topological polar surface area (TPSA) is 75.9 Å². The highest BCUT2D eigenvalue weighted by atomic mass is 15.1. The lowest BCUT2D eigenvalue weighted by Gasteiger charge is -2.19. The number of anilines is 4. The van der Waals surface area contributed by atoms with Gasteiger partial charge in [0.15, 0.2) is 11.6 Å². The van der Waals surface area contributed by atoms with Crippen LogP contribution < -0.4 is 16.4 Å². The summed E-state index contributed by atoms with van der Waals surface area (Å²) in [5.74, 6) is 1.40. The Morgan fingerprint density at radius 3 is 2.38 bits per heavy atom. The Morgan fingerprint density at radius 1 is 0.958 bits per heavy atom. The van der Waals surface area contributed by atoms with E-state index in [1.165, 1.54) is 49.7 Å². The van der Waals surface area contributed by atoms with Crippen molar-refractivity contribution in [1.29, 1.82) is 0 Å². The van der Waals surface area contributed by atoms with Gasteiger partial charge < -0.3 is 16.4 Å². The molecule has 0 saturated heterocycles. The fourth-order valence-electron chi connectivity index (χ4n) is 3.18. The summed E-state index contributed by atoms with van der Waals surface area (Å²) in [5.41, 5.74) is 10.4. The Balaban J connectivity index is 1.75. The zero-order valence-corrected chi connectivity index (χ0v) is 14.6. The lowest BCUT2D eigenvalue weighted by Crippen LogP contribution is -2.20. The highest BCUT2D eigenvalue weighted by molar-refractivity contribution is 5.77. The van der Waals surface area contributed by atoms with E-state index >= 15 is 0 Å². The minimum absolute atomic E-state index is 0.458. The van der Waals surface area contributed by atoms with Crippen molar-refractivity contribution >= 4 is 23.0 Å². The molecule has 128 valence electrons. The van der Waals surface area contributed by atoms with Crippen LogP contribution in [0, 0.1) is 13.8 Å². The second-order valence-corrected chi connectivity index (χ2v) is 6.74. The Bertz CT molecular complexity index is 690. The Morgan fingerprint density at radius 2 is 1.67 bits per heavy atom. The standard InChI is InChI=1S/C19H27N5/c1-13-9-10-16(11-14(13)2)24-19-17(20)18(21-12-22-19)23-15-7-5-3-4-6-8-15/h9-12,15H,3-8,20H2,1-2H3,(H2,21,22,23,24). The van der Waals surface area contributed by atoms with E-state index in [1.54, 1.807) is 6.33 Å². The van der Waals surface area contributed by atoms with Crippen LogP contribution in [0.1, 0.15) is 49.7 Å². The van der Waals surface area contributed by atoms with E-state index in [0.717, 1.165) is 11.5 Å². The van der Waals surface area contributed by atoms with Crippen molar-refractivity contribution in [2.45, 2.75) is 58.4 Å². The van der Waals surface area contributed by atoms with Crippen molar-refractivity contribution in [3.63, 3.8) is 0 Å². The molecule has 0 atom stereocenters. The van der Waals surface area contributed by atoms with Crippen molar-refractivity contribution in [2.75, 3.05) is 16.4 Å². The van der Waals surface area contributed by atoms with Gasteiger partial charge in [0.05, 0.1) is 0 Å². The van der Waals surface area contributed by atoms with Crippen molar-refractivity contribution in [3.8, 4) is 0 Å². The second kappa shape index (κ2) is 7.51. The first kappa shape index (κ1) is 16.6. The molecule has 1 saturated carbocycles. The summed E-state index contributed by atoms with van der Waals surface area (Å²) in [6, 6.07) is 6.70. The van der Waals surface area contributed by atoms with E-state index in [4.69, 9.17) is 5.73 Å². The number of hydrogen-bond donors (Lipinski definition) is 3. The summed E-state index contributed by atoms with van der Waals surface area (Å²) in [7, 11) is 0. The highest BCUT2D eigenvalue weighted by Crippen LogP contribution is 2.29. The fourth-order valence-corrected chi connectivity index (χ4v) is 3.18. The molecule has 0 radical (unpaired) electrons. The number of rotatable bonds is 4. The molecule has 0 aliphatic heterocycles. The molecule has 5 nitrogen and oxygen atoms in total. The molecule has 5 heteroatoms. The minimum Gasteiger partial charge on any atom is -0.393 e. The largest absolute Gasteiger partial charge is 0.393 e. The third-order valence-corrected chi connectivity index (χ3v) is 4.85. The number of nitrogens with one attached hydrogen (secondary N) is 2. The average Bonchev–Trinajstić information content (AvgIpc) is 2.83. The number of nitrogens with zero attached hydrogens (tertiary/aromatic N) is 2. The van der Waals surface area contributed by atoms with Gasteiger partial charge in [-0.15, -0.1) is 0 Å². The quantitative estimate of drug-likeness (QED) is 0.719. The summed E-state index contributed by atoms with van der Waals surface area (Å²) in [4.78, 5) is 8.66. The van der Waals surface area contributed by atoms with Crippen LogP contribution >= 0.6 is 0 Å². The van der Waals surface area contributed by atoms with Gasteiger partial charge in [-0.25, -0.2) is 9.97 Å². The summed E-state index contributed by atoms with van der Waals surface area (Å²) in [6.07, 6.45) is 9.15. The van der Waals surface area contributed by atoms with Crippen LogP contribution in [-0.2, 0) is 0 Å². The lowest BCUT2D eigenvalue weighted by atomic mass is 10.1. The molecule has 2 aromatic rings. The molecule has 1 aromatic heterocycles. The number of hydrogen-bond acceptors (Lipinski definition) is 5. The van der Waals surface area contributed by atoms with Crippen LogP contribution in [0.2, 0.25) is 0 Å². The predicted octanol–water partition coefficient (Wildman–Crippen LogP) is 4.55. The first-order valence-electron chi connectivity index (χ1n) is 8.85. The van der Waals surface area contributed by atoms with Crippen LogP contribution in [0.15, 0.2) is 24.5 Å². The summed E-state index contributed by atoms with van der Waals surface area (Å²) in [5, 5.41) is 6.83. The highest BCUT2D eigenvalue weighted by Gasteiger charge is 2.15. The number of nitrogens with two attached hydrogens (primary N) is 1. The summed E-state index contributed by atoms with van der Waals surface area (Å²) in [6.45, 7) is 4.20. The maximum atomic E-state index is 6.31. The van der Waals surface area contributed by atoms with Gasteiger partial charge in [-0.3, -0.25) is 0 Å². The van der Waals surface area contributed by atoms with Crippen LogP contribution in [0.3, 0.4) is 0 Å². The SMILES string of the molecule is Cc1ccc(Nc2ncnc(NC3CCCCCC3)c2N)cc1C. The van der Waals surface area contributed by atoms with E-state index in [9.17, 15) is 0 Å². The number of aromatic nitrogens is 2. The molecule has 4 N–H and O–H groups in total. The van der Waals surface area contributed by atoms with Gasteiger partial charge in [0.1, 0.15) is 12.0 Å². The Hall–Kier alpha value is -2.30. The number of nitrogen functional groups attached to an aromatic ring is 1. The lowest BCUT2D eigenvalue weighted by molar-refractivity contribution is 0.618. The van der Waals surface area contributed by atoms with Crippen molar-refractivity contribution < 1.29 is 0 Å².